The number of likely N-dealkylation sites (tertiary alicyclic amines) is 1. The quantitative estimate of drug-likeness (QED) is 0.779. The van der Waals surface area contributed by atoms with Crippen molar-refractivity contribution >= 4 is 15.9 Å². The molecular weight excluding hydrogens is 369 g/mol. The molecule has 2 aliphatic rings. The molecule has 2 saturated heterocycles. The fourth-order valence-electron chi connectivity index (χ4n) is 3.84. The van der Waals surface area contributed by atoms with Gasteiger partial charge in [-0.25, -0.2) is 12.8 Å². The molecule has 3 rings (SSSR count). The molecule has 0 radical (unpaired) electrons. The zero-order valence-electron chi connectivity index (χ0n) is 15.8. The molecule has 2 heterocycles. The van der Waals surface area contributed by atoms with Gasteiger partial charge in [0.25, 0.3) is 0 Å². The van der Waals surface area contributed by atoms with Crippen LogP contribution in [0.25, 0.3) is 0 Å². The highest BCUT2D eigenvalue weighted by molar-refractivity contribution is 7.89. The van der Waals surface area contributed by atoms with Gasteiger partial charge in [0.2, 0.25) is 15.9 Å². The molecule has 8 heteroatoms. The summed E-state index contributed by atoms with van der Waals surface area (Å²) in [7, 11) is -3.85. The maximum atomic E-state index is 13.9. The number of piperazine rings is 1. The van der Waals surface area contributed by atoms with Crippen molar-refractivity contribution in [3.05, 3.63) is 30.1 Å². The zero-order valence-corrected chi connectivity index (χ0v) is 16.6. The van der Waals surface area contributed by atoms with Gasteiger partial charge in [-0.05, 0) is 31.9 Å². The number of halogens is 1. The van der Waals surface area contributed by atoms with Crippen LogP contribution in [0.5, 0.6) is 0 Å². The van der Waals surface area contributed by atoms with Crippen molar-refractivity contribution in [2.75, 3.05) is 39.3 Å². The topological polar surface area (TPSA) is 60.9 Å². The largest absolute Gasteiger partial charge is 0.341 e. The number of hydrogen-bond donors (Lipinski definition) is 0. The fourth-order valence-corrected chi connectivity index (χ4v) is 5.32. The first kappa shape index (κ1) is 20.2. The maximum Gasteiger partial charge on any atom is 0.246 e. The average Bonchev–Trinajstić information content (AvgIpc) is 2.96. The molecule has 0 unspecified atom stereocenters. The van der Waals surface area contributed by atoms with Crippen molar-refractivity contribution in [3.8, 4) is 0 Å². The lowest BCUT2D eigenvalue weighted by atomic mass is 10.2. The second-order valence-electron chi connectivity index (χ2n) is 7.29. The number of carbonyl (C=O) groups is 1. The van der Waals surface area contributed by atoms with Gasteiger partial charge in [-0.3, -0.25) is 9.69 Å². The molecule has 0 bridgehead atoms. The highest BCUT2D eigenvalue weighted by Gasteiger charge is 2.34. The van der Waals surface area contributed by atoms with Crippen LogP contribution in [0, 0.1) is 5.82 Å². The standard InChI is InChI=1S/C19H28FN3O3S/c1-16(19(24)22-10-6-2-3-7-11-22)21-12-14-23(15-13-21)27(25,26)18-9-5-4-8-17(18)20/h4-5,8-9,16H,2-3,6-7,10-15H2,1H3/t16-/m1/s1. The van der Waals surface area contributed by atoms with E-state index in [1.165, 1.54) is 35.3 Å². The number of hydrogen-bond acceptors (Lipinski definition) is 4. The lowest BCUT2D eigenvalue weighted by Crippen LogP contribution is -2.55. The number of carbonyl (C=O) groups excluding carboxylic acids is 1. The summed E-state index contributed by atoms with van der Waals surface area (Å²) in [5.74, 6) is -0.605. The van der Waals surface area contributed by atoms with Gasteiger partial charge in [0.1, 0.15) is 10.7 Å². The number of benzene rings is 1. The number of sulfonamides is 1. The second kappa shape index (κ2) is 8.67. The van der Waals surface area contributed by atoms with E-state index in [0.717, 1.165) is 32.0 Å². The van der Waals surface area contributed by atoms with Gasteiger partial charge in [0.15, 0.2) is 0 Å². The van der Waals surface area contributed by atoms with E-state index in [2.05, 4.69) is 0 Å². The van der Waals surface area contributed by atoms with E-state index in [4.69, 9.17) is 0 Å². The molecule has 1 atom stereocenters. The van der Waals surface area contributed by atoms with E-state index >= 15 is 0 Å². The summed E-state index contributed by atoms with van der Waals surface area (Å²) in [6.45, 7) is 4.97. The predicted octanol–water partition coefficient (Wildman–Crippen LogP) is 1.92. The molecule has 0 aliphatic carbocycles. The molecule has 2 aliphatic heterocycles. The van der Waals surface area contributed by atoms with Crippen molar-refractivity contribution in [1.82, 2.24) is 14.1 Å². The Morgan fingerprint density at radius 3 is 2.15 bits per heavy atom. The van der Waals surface area contributed by atoms with Crippen LogP contribution in [0.2, 0.25) is 0 Å². The fraction of sp³-hybridized carbons (Fsp3) is 0.632. The predicted molar refractivity (Wildman–Crippen MR) is 101 cm³/mol. The summed E-state index contributed by atoms with van der Waals surface area (Å²) < 4.78 is 40.6. The second-order valence-corrected chi connectivity index (χ2v) is 9.19. The smallest absolute Gasteiger partial charge is 0.246 e. The molecule has 6 nitrogen and oxygen atoms in total. The van der Waals surface area contributed by atoms with Gasteiger partial charge < -0.3 is 4.90 Å². The summed E-state index contributed by atoms with van der Waals surface area (Å²) >= 11 is 0. The van der Waals surface area contributed by atoms with E-state index in [9.17, 15) is 17.6 Å². The summed E-state index contributed by atoms with van der Waals surface area (Å²) in [5.41, 5.74) is 0. The summed E-state index contributed by atoms with van der Waals surface area (Å²) in [6, 6.07) is 5.19. The van der Waals surface area contributed by atoms with Gasteiger partial charge in [-0.15, -0.1) is 0 Å². The Morgan fingerprint density at radius 2 is 1.56 bits per heavy atom. The average molecular weight is 398 g/mol. The van der Waals surface area contributed by atoms with Crippen LogP contribution in [0.3, 0.4) is 0 Å². The van der Waals surface area contributed by atoms with Crippen LogP contribution >= 0.6 is 0 Å². The molecule has 0 aromatic heterocycles. The third kappa shape index (κ3) is 4.50. The van der Waals surface area contributed by atoms with E-state index in [1.807, 2.05) is 16.7 Å². The number of amides is 1. The van der Waals surface area contributed by atoms with Crippen molar-refractivity contribution in [2.45, 2.75) is 43.5 Å². The molecular formula is C19H28FN3O3S. The minimum Gasteiger partial charge on any atom is -0.341 e. The molecule has 1 aromatic carbocycles. The maximum absolute atomic E-state index is 13.9. The highest BCUT2D eigenvalue weighted by Crippen LogP contribution is 2.21. The van der Waals surface area contributed by atoms with Gasteiger partial charge in [0, 0.05) is 39.3 Å². The van der Waals surface area contributed by atoms with E-state index in [-0.39, 0.29) is 29.9 Å². The third-order valence-corrected chi connectivity index (χ3v) is 7.48. The van der Waals surface area contributed by atoms with Crippen molar-refractivity contribution in [2.24, 2.45) is 0 Å². The first-order valence-corrected chi connectivity index (χ1v) is 11.1. The van der Waals surface area contributed by atoms with E-state index in [1.54, 1.807) is 0 Å². The summed E-state index contributed by atoms with van der Waals surface area (Å²) in [6.07, 6.45) is 4.44. The first-order chi connectivity index (χ1) is 12.9. The van der Waals surface area contributed by atoms with Crippen LogP contribution in [-0.2, 0) is 14.8 Å². The SMILES string of the molecule is C[C@H](C(=O)N1CCCCCC1)N1CCN(S(=O)(=O)c2ccccc2F)CC1. The van der Waals surface area contributed by atoms with Crippen LogP contribution in [0.1, 0.15) is 32.6 Å². The first-order valence-electron chi connectivity index (χ1n) is 9.69. The molecule has 0 saturated carbocycles. The van der Waals surface area contributed by atoms with Crippen LogP contribution in [0.4, 0.5) is 4.39 Å². The van der Waals surface area contributed by atoms with E-state index < -0.39 is 15.8 Å². The van der Waals surface area contributed by atoms with Crippen molar-refractivity contribution in [1.29, 1.82) is 0 Å². The van der Waals surface area contributed by atoms with E-state index in [0.29, 0.717) is 13.1 Å². The van der Waals surface area contributed by atoms with Gasteiger partial charge in [0.05, 0.1) is 6.04 Å². The summed E-state index contributed by atoms with van der Waals surface area (Å²) in [4.78, 5) is 16.5. The van der Waals surface area contributed by atoms with Gasteiger partial charge >= 0.3 is 0 Å². The Labute approximate surface area is 161 Å². The lowest BCUT2D eigenvalue weighted by molar-refractivity contribution is -0.136. The van der Waals surface area contributed by atoms with Crippen molar-refractivity contribution in [3.63, 3.8) is 0 Å². The minimum atomic E-state index is -3.85. The van der Waals surface area contributed by atoms with Crippen molar-refractivity contribution < 1.29 is 17.6 Å². The Hall–Kier alpha value is -1.51. The molecule has 0 N–H and O–H groups in total. The Bertz CT molecular complexity index is 755. The molecule has 27 heavy (non-hydrogen) atoms. The zero-order chi connectivity index (χ0) is 19.4. The monoisotopic (exact) mass is 397 g/mol. The minimum absolute atomic E-state index is 0.127. The van der Waals surface area contributed by atoms with Gasteiger partial charge in [-0.2, -0.15) is 4.31 Å². The third-order valence-electron chi connectivity index (χ3n) is 5.55. The molecule has 2 fully saturated rings. The lowest BCUT2D eigenvalue weighted by Gasteiger charge is -2.38. The van der Waals surface area contributed by atoms with Gasteiger partial charge in [-0.1, -0.05) is 25.0 Å². The van der Waals surface area contributed by atoms with Crippen LogP contribution in [-0.4, -0.2) is 73.7 Å². The Morgan fingerprint density at radius 1 is 0.963 bits per heavy atom. The Balaban J connectivity index is 1.61. The molecule has 1 aromatic rings. The highest BCUT2D eigenvalue weighted by atomic mass is 32.2. The molecule has 150 valence electrons. The van der Waals surface area contributed by atoms with Crippen LogP contribution < -0.4 is 0 Å². The Kier molecular flexibility index (Phi) is 6.49. The van der Waals surface area contributed by atoms with Crippen LogP contribution in [0.15, 0.2) is 29.2 Å². The number of rotatable bonds is 4. The molecule has 1 amide bonds. The molecule has 0 spiro atoms. The normalized spacial score (nSPS) is 21.6. The number of nitrogens with zero attached hydrogens (tertiary/aromatic N) is 3. The summed E-state index contributed by atoms with van der Waals surface area (Å²) in [5, 5.41) is 0.